The molecule has 0 saturated heterocycles. The highest BCUT2D eigenvalue weighted by atomic mass is 35.5. The van der Waals surface area contributed by atoms with Gasteiger partial charge in [-0.1, -0.05) is 23.2 Å². The quantitative estimate of drug-likeness (QED) is 0.397. The molecule has 0 fully saturated rings. The number of oxazole rings is 1. The first-order valence-corrected chi connectivity index (χ1v) is 9.69. The van der Waals surface area contributed by atoms with Gasteiger partial charge in [0, 0.05) is 16.8 Å². The van der Waals surface area contributed by atoms with Crippen molar-refractivity contribution in [2.24, 2.45) is 0 Å². The highest BCUT2D eigenvalue weighted by molar-refractivity contribution is 6.42. The van der Waals surface area contributed by atoms with Gasteiger partial charge in [-0.15, -0.1) is 0 Å². The van der Waals surface area contributed by atoms with E-state index in [0.29, 0.717) is 44.9 Å². The molecular weight excluding hydrogens is 411 g/mol. The molecule has 0 saturated carbocycles. The Morgan fingerprint density at radius 3 is 2.55 bits per heavy atom. The maximum atomic E-state index is 12.5. The van der Waals surface area contributed by atoms with Crippen LogP contribution in [0.15, 0.2) is 65.1 Å². The molecule has 0 aliphatic rings. The second-order valence-electron chi connectivity index (χ2n) is 6.24. The zero-order valence-electron chi connectivity index (χ0n) is 15.4. The van der Waals surface area contributed by atoms with Gasteiger partial charge < -0.3 is 14.5 Å². The number of nitrogens with zero attached hydrogens (tertiary/aromatic N) is 1. The number of rotatable bonds is 5. The van der Waals surface area contributed by atoms with Crippen molar-refractivity contribution in [1.82, 2.24) is 4.98 Å². The topological polar surface area (TPSA) is 64.4 Å². The molecule has 3 aromatic carbocycles. The second kappa shape index (κ2) is 8.15. The third kappa shape index (κ3) is 4.21. The Morgan fingerprint density at radius 1 is 1.03 bits per heavy atom. The number of hydrogen-bond donors (Lipinski definition) is 1. The van der Waals surface area contributed by atoms with Crippen molar-refractivity contribution >= 4 is 45.9 Å². The molecule has 0 spiro atoms. The van der Waals surface area contributed by atoms with Gasteiger partial charge in [0.2, 0.25) is 5.89 Å². The summed E-state index contributed by atoms with van der Waals surface area (Å²) in [7, 11) is 0. The van der Waals surface area contributed by atoms with Crippen LogP contribution >= 0.6 is 23.2 Å². The summed E-state index contributed by atoms with van der Waals surface area (Å²) in [4.78, 5) is 17.0. The summed E-state index contributed by atoms with van der Waals surface area (Å²) in [5.41, 5.74) is 3.09. The SMILES string of the molecule is CCOc1ccc(C(=O)Nc2ccc3oc(-c4ccc(Cl)c(Cl)c4)nc3c2)cc1. The van der Waals surface area contributed by atoms with Gasteiger partial charge in [-0.05, 0) is 67.6 Å². The monoisotopic (exact) mass is 426 g/mol. The lowest BCUT2D eigenvalue weighted by Gasteiger charge is -2.06. The van der Waals surface area contributed by atoms with Gasteiger partial charge in [-0.25, -0.2) is 4.98 Å². The fourth-order valence-electron chi connectivity index (χ4n) is 2.83. The van der Waals surface area contributed by atoms with E-state index < -0.39 is 0 Å². The number of carbonyl (C=O) groups is 1. The molecule has 1 heterocycles. The Morgan fingerprint density at radius 2 is 1.83 bits per heavy atom. The first-order valence-electron chi connectivity index (χ1n) is 8.93. The Bertz CT molecular complexity index is 1190. The maximum absolute atomic E-state index is 12.5. The summed E-state index contributed by atoms with van der Waals surface area (Å²) in [6.07, 6.45) is 0. The lowest BCUT2D eigenvalue weighted by molar-refractivity contribution is 0.102. The molecule has 0 atom stereocenters. The van der Waals surface area contributed by atoms with E-state index in [-0.39, 0.29) is 5.91 Å². The third-order valence-electron chi connectivity index (χ3n) is 4.24. The van der Waals surface area contributed by atoms with Gasteiger partial charge in [-0.3, -0.25) is 4.79 Å². The minimum atomic E-state index is -0.222. The summed E-state index contributed by atoms with van der Waals surface area (Å²) in [6.45, 7) is 2.49. The zero-order chi connectivity index (χ0) is 20.4. The third-order valence-corrected chi connectivity index (χ3v) is 4.98. The molecule has 1 N–H and O–H groups in total. The zero-order valence-corrected chi connectivity index (χ0v) is 16.9. The normalized spacial score (nSPS) is 10.9. The van der Waals surface area contributed by atoms with Crippen LogP contribution in [0.3, 0.4) is 0 Å². The summed E-state index contributed by atoms with van der Waals surface area (Å²) in [5, 5.41) is 3.76. The van der Waals surface area contributed by atoms with E-state index in [1.807, 2.05) is 6.92 Å². The number of halogens is 2. The molecule has 146 valence electrons. The minimum Gasteiger partial charge on any atom is -0.494 e. The van der Waals surface area contributed by atoms with E-state index >= 15 is 0 Å². The van der Waals surface area contributed by atoms with Crippen LogP contribution in [0.25, 0.3) is 22.6 Å². The molecule has 5 nitrogen and oxygen atoms in total. The number of nitrogens with one attached hydrogen (secondary N) is 1. The highest BCUT2D eigenvalue weighted by Crippen LogP contribution is 2.31. The van der Waals surface area contributed by atoms with Gasteiger partial charge in [0.15, 0.2) is 5.58 Å². The first kappa shape index (κ1) is 19.3. The number of fused-ring (bicyclic) bond motifs is 1. The van der Waals surface area contributed by atoms with Gasteiger partial charge in [0.25, 0.3) is 5.91 Å². The van der Waals surface area contributed by atoms with E-state index in [1.165, 1.54) is 0 Å². The molecule has 7 heteroatoms. The summed E-state index contributed by atoms with van der Waals surface area (Å²) in [6, 6.07) is 17.4. The van der Waals surface area contributed by atoms with Crippen molar-refractivity contribution in [2.75, 3.05) is 11.9 Å². The number of hydrogen-bond acceptors (Lipinski definition) is 4. The van der Waals surface area contributed by atoms with Crippen LogP contribution in [0.2, 0.25) is 10.0 Å². The molecule has 0 aliphatic heterocycles. The Kier molecular flexibility index (Phi) is 5.43. The molecule has 4 rings (SSSR count). The van der Waals surface area contributed by atoms with Gasteiger partial charge in [0.1, 0.15) is 11.3 Å². The van der Waals surface area contributed by atoms with Crippen LogP contribution in [0.1, 0.15) is 17.3 Å². The number of carbonyl (C=O) groups excluding carboxylic acids is 1. The molecule has 0 radical (unpaired) electrons. The van der Waals surface area contributed by atoms with Crippen LogP contribution in [0.5, 0.6) is 5.75 Å². The molecule has 1 amide bonds. The molecule has 1 aromatic heterocycles. The molecule has 0 aliphatic carbocycles. The molecule has 0 bridgehead atoms. The van der Waals surface area contributed by atoms with Crippen molar-refractivity contribution in [2.45, 2.75) is 6.92 Å². The van der Waals surface area contributed by atoms with E-state index in [2.05, 4.69) is 10.3 Å². The van der Waals surface area contributed by atoms with Crippen molar-refractivity contribution in [3.8, 4) is 17.2 Å². The average Bonchev–Trinajstić information content (AvgIpc) is 3.14. The minimum absolute atomic E-state index is 0.222. The fourth-order valence-corrected chi connectivity index (χ4v) is 3.13. The summed E-state index contributed by atoms with van der Waals surface area (Å²) >= 11 is 12.0. The maximum Gasteiger partial charge on any atom is 0.255 e. The van der Waals surface area contributed by atoms with Crippen LogP contribution in [-0.4, -0.2) is 17.5 Å². The molecular formula is C22H16Cl2N2O3. The van der Waals surface area contributed by atoms with E-state index in [1.54, 1.807) is 60.7 Å². The molecule has 29 heavy (non-hydrogen) atoms. The summed E-state index contributed by atoms with van der Waals surface area (Å²) < 4.78 is 11.2. The molecule has 0 unspecified atom stereocenters. The van der Waals surface area contributed by atoms with E-state index in [0.717, 1.165) is 11.3 Å². The number of amides is 1. The van der Waals surface area contributed by atoms with Crippen molar-refractivity contribution in [1.29, 1.82) is 0 Å². The van der Waals surface area contributed by atoms with Crippen LogP contribution in [0, 0.1) is 0 Å². The first-order chi connectivity index (χ1) is 14.0. The Labute approximate surface area is 177 Å². The Hall–Kier alpha value is -3.02. The van der Waals surface area contributed by atoms with E-state index in [4.69, 9.17) is 32.4 Å². The lowest BCUT2D eigenvalue weighted by atomic mass is 10.2. The second-order valence-corrected chi connectivity index (χ2v) is 7.06. The van der Waals surface area contributed by atoms with Crippen molar-refractivity contribution < 1.29 is 13.9 Å². The number of ether oxygens (including phenoxy) is 1. The van der Waals surface area contributed by atoms with Crippen molar-refractivity contribution in [3.05, 3.63) is 76.3 Å². The van der Waals surface area contributed by atoms with Gasteiger partial charge >= 0.3 is 0 Å². The van der Waals surface area contributed by atoms with E-state index in [9.17, 15) is 4.79 Å². The predicted molar refractivity (Wildman–Crippen MR) is 115 cm³/mol. The van der Waals surface area contributed by atoms with Crippen LogP contribution in [0.4, 0.5) is 5.69 Å². The fraction of sp³-hybridized carbons (Fsp3) is 0.0909. The largest absolute Gasteiger partial charge is 0.494 e. The standard InChI is InChI=1S/C22H16Cl2N2O3/c1-2-28-16-7-3-13(4-8-16)21(27)25-15-6-10-20-19(12-15)26-22(29-20)14-5-9-17(23)18(24)11-14/h3-12H,2H2,1H3,(H,25,27). The summed E-state index contributed by atoms with van der Waals surface area (Å²) in [5.74, 6) is 0.928. The van der Waals surface area contributed by atoms with Gasteiger partial charge in [-0.2, -0.15) is 0 Å². The number of anilines is 1. The lowest BCUT2D eigenvalue weighted by Crippen LogP contribution is -2.11. The smallest absolute Gasteiger partial charge is 0.255 e. The molecule has 4 aromatic rings. The van der Waals surface area contributed by atoms with Crippen molar-refractivity contribution in [3.63, 3.8) is 0 Å². The van der Waals surface area contributed by atoms with Crippen LogP contribution < -0.4 is 10.1 Å². The predicted octanol–water partition coefficient (Wildman–Crippen LogP) is 6.45. The number of aromatic nitrogens is 1. The van der Waals surface area contributed by atoms with Gasteiger partial charge in [0.05, 0.1) is 16.7 Å². The Balaban J connectivity index is 1.55. The average molecular weight is 427 g/mol. The number of benzene rings is 3. The highest BCUT2D eigenvalue weighted by Gasteiger charge is 2.12. The van der Waals surface area contributed by atoms with Crippen LogP contribution in [-0.2, 0) is 0 Å².